The summed E-state index contributed by atoms with van der Waals surface area (Å²) in [5.41, 5.74) is 1.62. The second-order valence-electron chi connectivity index (χ2n) is 6.50. The predicted molar refractivity (Wildman–Crippen MR) is 90.8 cm³/mol. The summed E-state index contributed by atoms with van der Waals surface area (Å²) < 4.78 is 1.84. The zero-order valence-electron chi connectivity index (χ0n) is 14.4. The minimum absolute atomic E-state index is 0.0467. The SMILES string of the molecule is Cn1cnc2c1CN(C(=O)CN1C(=O)c3ccc([N+](=O)[O-])cc3C1=O)CC2. The number of nitrogens with zero attached hydrogens (tertiary/aromatic N) is 5. The molecule has 0 N–H and O–H groups in total. The molecule has 0 aliphatic carbocycles. The number of rotatable bonds is 3. The lowest BCUT2D eigenvalue weighted by atomic mass is 10.1. The number of fused-ring (bicyclic) bond motifs is 2. The van der Waals surface area contributed by atoms with E-state index in [9.17, 15) is 24.5 Å². The molecule has 10 heteroatoms. The molecule has 2 aliphatic rings. The number of benzene rings is 1. The zero-order chi connectivity index (χ0) is 19.3. The Morgan fingerprint density at radius 1 is 1.26 bits per heavy atom. The number of hydrogen-bond acceptors (Lipinski definition) is 6. The van der Waals surface area contributed by atoms with Gasteiger partial charge in [0.05, 0.1) is 40.3 Å². The highest BCUT2D eigenvalue weighted by Crippen LogP contribution is 2.27. The number of nitro groups is 1. The number of amides is 3. The Morgan fingerprint density at radius 3 is 2.74 bits per heavy atom. The first kappa shape index (κ1) is 16.9. The largest absolute Gasteiger partial charge is 0.336 e. The third-order valence-corrected chi connectivity index (χ3v) is 4.92. The number of aromatic nitrogens is 2. The maximum absolute atomic E-state index is 12.7. The molecule has 1 aromatic carbocycles. The van der Waals surface area contributed by atoms with Crippen molar-refractivity contribution in [2.24, 2.45) is 7.05 Å². The lowest BCUT2D eigenvalue weighted by Crippen LogP contribution is -2.44. The molecule has 10 nitrogen and oxygen atoms in total. The molecule has 2 aromatic rings. The molecule has 3 amide bonds. The van der Waals surface area contributed by atoms with Crippen molar-refractivity contribution in [3.05, 3.63) is 57.2 Å². The molecule has 0 radical (unpaired) electrons. The number of nitro benzene ring substituents is 1. The highest BCUT2D eigenvalue weighted by atomic mass is 16.6. The molecule has 2 aliphatic heterocycles. The van der Waals surface area contributed by atoms with Gasteiger partial charge in [-0.05, 0) is 6.07 Å². The Kier molecular flexibility index (Phi) is 3.76. The minimum atomic E-state index is -0.690. The van der Waals surface area contributed by atoms with Gasteiger partial charge < -0.3 is 9.47 Å². The zero-order valence-corrected chi connectivity index (χ0v) is 14.4. The molecule has 4 rings (SSSR count). The van der Waals surface area contributed by atoms with Crippen LogP contribution in [0.5, 0.6) is 0 Å². The van der Waals surface area contributed by atoms with Crippen LogP contribution in [0.25, 0.3) is 0 Å². The van der Waals surface area contributed by atoms with Crippen LogP contribution < -0.4 is 0 Å². The molecule has 27 heavy (non-hydrogen) atoms. The summed E-state index contributed by atoms with van der Waals surface area (Å²) in [5.74, 6) is -1.66. The van der Waals surface area contributed by atoms with Gasteiger partial charge in [0.15, 0.2) is 0 Å². The van der Waals surface area contributed by atoms with Crippen LogP contribution in [0.15, 0.2) is 24.5 Å². The van der Waals surface area contributed by atoms with Gasteiger partial charge in [-0.15, -0.1) is 0 Å². The first-order valence-corrected chi connectivity index (χ1v) is 8.28. The van der Waals surface area contributed by atoms with Gasteiger partial charge in [-0.1, -0.05) is 0 Å². The fourth-order valence-corrected chi connectivity index (χ4v) is 3.40. The Morgan fingerprint density at radius 2 is 2.00 bits per heavy atom. The fraction of sp³-hybridized carbons (Fsp3) is 0.294. The summed E-state index contributed by atoms with van der Waals surface area (Å²) in [4.78, 5) is 54.6. The maximum atomic E-state index is 12.7. The maximum Gasteiger partial charge on any atom is 0.270 e. The fourth-order valence-electron chi connectivity index (χ4n) is 3.40. The molecule has 0 saturated heterocycles. The van der Waals surface area contributed by atoms with Crippen LogP contribution in [-0.4, -0.2) is 55.1 Å². The van der Waals surface area contributed by atoms with E-state index < -0.39 is 23.3 Å². The average molecular weight is 369 g/mol. The molecular formula is C17H15N5O5. The smallest absolute Gasteiger partial charge is 0.270 e. The first-order valence-electron chi connectivity index (χ1n) is 8.28. The van der Waals surface area contributed by atoms with E-state index in [-0.39, 0.29) is 22.7 Å². The van der Waals surface area contributed by atoms with Crippen LogP contribution >= 0.6 is 0 Å². The van der Waals surface area contributed by atoms with E-state index in [0.29, 0.717) is 19.5 Å². The molecule has 1 aromatic heterocycles. The van der Waals surface area contributed by atoms with Crippen molar-refractivity contribution in [3.63, 3.8) is 0 Å². The van der Waals surface area contributed by atoms with Crippen molar-refractivity contribution >= 4 is 23.4 Å². The van der Waals surface area contributed by atoms with Gasteiger partial charge in [0, 0.05) is 32.1 Å². The van der Waals surface area contributed by atoms with Crippen molar-refractivity contribution in [2.45, 2.75) is 13.0 Å². The highest BCUT2D eigenvalue weighted by molar-refractivity contribution is 6.22. The average Bonchev–Trinajstić information content (AvgIpc) is 3.14. The number of imidazole rings is 1. The summed E-state index contributed by atoms with van der Waals surface area (Å²) in [6.45, 7) is 0.421. The Bertz CT molecular complexity index is 1010. The lowest BCUT2D eigenvalue weighted by molar-refractivity contribution is -0.384. The summed E-state index contributed by atoms with van der Waals surface area (Å²) in [7, 11) is 1.84. The van der Waals surface area contributed by atoms with E-state index in [1.165, 1.54) is 12.1 Å². The van der Waals surface area contributed by atoms with E-state index in [2.05, 4.69) is 4.98 Å². The number of carbonyl (C=O) groups is 3. The Balaban J connectivity index is 1.52. The number of imide groups is 1. The van der Waals surface area contributed by atoms with Crippen LogP contribution in [0.4, 0.5) is 5.69 Å². The molecule has 138 valence electrons. The third-order valence-electron chi connectivity index (χ3n) is 4.92. The van der Waals surface area contributed by atoms with Crippen LogP contribution in [0.3, 0.4) is 0 Å². The molecule has 0 fully saturated rings. The van der Waals surface area contributed by atoms with Crippen LogP contribution in [-0.2, 0) is 24.8 Å². The Labute approximate surface area is 153 Å². The van der Waals surface area contributed by atoms with Gasteiger partial charge in [0.1, 0.15) is 6.54 Å². The van der Waals surface area contributed by atoms with Crippen LogP contribution in [0.1, 0.15) is 32.1 Å². The second-order valence-corrected chi connectivity index (χ2v) is 6.50. The molecule has 0 atom stereocenters. The van der Waals surface area contributed by atoms with E-state index in [4.69, 9.17) is 0 Å². The van der Waals surface area contributed by atoms with Crippen LogP contribution in [0.2, 0.25) is 0 Å². The van der Waals surface area contributed by atoms with Gasteiger partial charge in [-0.25, -0.2) is 4.98 Å². The van der Waals surface area contributed by atoms with E-state index in [1.807, 2.05) is 11.6 Å². The first-order chi connectivity index (χ1) is 12.9. The van der Waals surface area contributed by atoms with Gasteiger partial charge in [-0.3, -0.25) is 29.4 Å². The normalized spacial score (nSPS) is 15.7. The summed E-state index contributed by atoms with van der Waals surface area (Å²) >= 11 is 0. The third kappa shape index (κ3) is 2.65. The quantitative estimate of drug-likeness (QED) is 0.442. The topological polar surface area (TPSA) is 119 Å². The predicted octanol–water partition coefficient (Wildman–Crippen LogP) is 0.509. The van der Waals surface area contributed by atoms with E-state index >= 15 is 0 Å². The molecule has 0 bridgehead atoms. The van der Waals surface area contributed by atoms with Gasteiger partial charge in [0.2, 0.25) is 5.91 Å². The van der Waals surface area contributed by atoms with Crippen molar-refractivity contribution in [1.82, 2.24) is 19.4 Å². The monoisotopic (exact) mass is 369 g/mol. The summed E-state index contributed by atoms with van der Waals surface area (Å²) in [6, 6.07) is 3.49. The van der Waals surface area contributed by atoms with Crippen molar-refractivity contribution in [2.75, 3.05) is 13.1 Å². The lowest BCUT2D eigenvalue weighted by Gasteiger charge is -2.28. The highest BCUT2D eigenvalue weighted by Gasteiger charge is 2.39. The van der Waals surface area contributed by atoms with Gasteiger partial charge in [0.25, 0.3) is 17.5 Å². The molecule has 0 unspecified atom stereocenters. The second kappa shape index (κ2) is 6.01. The van der Waals surface area contributed by atoms with Crippen molar-refractivity contribution < 1.29 is 19.3 Å². The summed E-state index contributed by atoms with van der Waals surface area (Å²) in [5, 5.41) is 10.9. The number of hydrogen-bond donors (Lipinski definition) is 0. The van der Waals surface area contributed by atoms with E-state index in [0.717, 1.165) is 22.4 Å². The molecule has 0 saturated carbocycles. The molecule has 0 spiro atoms. The molecule has 3 heterocycles. The van der Waals surface area contributed by atoms with Gasteiger partial charge >= 0.3 is 0 Å². The van der Waals surface area contributed by atoms with Crippen LogP contribution in [0, 0.1) is 10.1 Å². The van der Waals surface area contributed by atoms with Crippen molar-refractivity contribution in [3.8, 4) is 0 Å². The molecular weight excluding hydrogens is 354 g/mol. The standard InChI is InChI=1S/C17H15N5O5/c1-19-9-18-13-4-5-20(7-14(13)19)15(23)8-21-16(24)11-3-2-10(22(26)27)6-12(11)17(21)25/h2-3,6,9H,4-5,7-8H2,1H3. The summed E-state index contributed by atoms with van der Waals surface area (Å²) in [6.07, 6.45) is 2.30. The van der Waals surface area contributed by atoms with E-state index in [1.54, 1.807) is 11.2 Å². The Hall–Kier alpha value is -3.56. The van der Waals surface area contributed by atoms with Crippen molar-refractivity contribution in [1.29, 1.82) is 0 Å². The number of non-ortho nitro benzene ring substituents is 1. The number of aryl methyl sites for hydroxylation is 1. The number of carbonyl (C=O) groups excluding carboxylic acids is 3. The minimum Gasteiger partial charge on any atom is -0.336 e. The van der Waals surface area contributed by atoms with Gasteiger partial charge in [-0.2, -0.15) is 0 Å².